The fraction of sp³-hybridized carbons (Fsp3) is 0.0833. The highest BCUT2D eigenvalue weighted by atomic mass is 16.7. The fourth-order valence-corrected chi connectivity index (χ4v) is 1.64. The Kier molecular flexibility index (Phi) is 2.22. The molecule has 5 nitrogen and oxygen atoms in total. The van der Waals surface area contributed by atoms with E-state index < -0.39 is 0 Å². The molecule has 2 aromatic rings. The van der Waals surface area contributed by atoms with Crippen molar-refractivity contribution in [3.05, 3.63) is 42.2 Å². The molecule has 5 heteroatoms. The van der Waals surface area contributed by atoms with Crippen molar-refractivity contribution >= 4 is 11.6 Å². The highest BCUT2D eigenvalue weighted by Crippen LogP contribution is 2.34. The molecular formula is C12H10N2O3. The van der Waals surface area contributed by atoms with Crippen LogP contribution in [0.4, 0.5) is 5.69 Å². The normalized spacial score (nSPS) is 12.5. The zero-order chi connectivity index (χ0) is 11.7. The predicted molar refractivity (Wildman–Crippen MR) is 61.3 cm³/mol. The minimum absolute atomic E-state index is 0.162. The third kappa shape index (κ3) is 1.82. The number of hydrogen-bond donors (Lipinski definition) is 2. The van der Waals surface area contributed by atoms with Crippen molar-refractivity contribution in [2.45, 2.75) is 0 Å². The lowest BCUT2D eigenvalue weighted by Crippen LogP contribution is -2.10. The van der Waals surface area contributed by atoms with E-state index in [-0.39, 0.29) is 12.7 Å². The first-order chi connectivity index (χ1) is 8.33. The van der Waals surface area contributed by atoms with Crippen LogP contribution in [0.15, 0.2) is 36.7 Å². The molecule has 0 spiro atoms. The summed E-state index contributed by atoms with van der Waals surface area (Å²) in [4.78, 5) is 14.6. The van der Waals surface area contributed by atoms with E-state index in [9.17, 15) is 4.79 Å². The number of ether oxygens (including phenoxy) is 2. The molecule has 0 atom stereocenters. The van der Waals surface area contributed by atoms with Crippen molar-refractivity contribution in [2.75, 3.05) is 12.1 Å². The van der Waals surface area contributed by atoms with E-state index in [2.05, 4.69) is 10.3 Å². The first-order valence-electron chi connectivity index (χ1n) is 5.17. The van der Waals surface area contributed by atoms with Crippen LogP contribution in [0.2, 0.25) is 0 Å². The molecule has 0 saturated heterocycles. The van der Waals surface area contributed by atoms with Crippen LogP contribution in [-0.4, -0.2) is 17.7 Å². The van der Waals surface area contributed by atoms with Gasteiger partial charge in [-0.25, -0.2) is 0 Å². The Morgan fingerprint density at radius 3 is 2.94 bits per heavy atom. The molecule has 3 rings (SSSR count). The van der Waals surface area contributed by atoms with Gasteiger partial charge in [-0.3, -0.25) is 4.79 Å². The summed E-state index contributed by atoms with van der Waals surface area (Å²) < 4.78 is 10.4. The molecule has 2 heterocycles. The van der Waals surface area contributed by atoms with E-state index in [0.717, 1.165) is 0 Å². The number of carbonyl (C=O) groups excluding carboxylic acids is 1. The standard InChI is InChI=1S/C12H10N2O3/c15-12(8-3-4-13-6-8)14-9-1-2-10-11(5-9)17-7-16-10/h1-6,13H,7H2,(H,14,15). The highest BCUT2D eigenvalue weighted by Gasteiger charge is 2.14. The van der Waals surface area contributed by atoms with Gasteiger partial charge in [-0.1, -0.05) is 0 Å². The van der Waals surface area contributed by atoms with E-state index in [1.807, 2.05) is 0 Å². The Morgan fingerprint density at radius 2 is 2.12 bits per heavy atom. The molecular weight excluding hydrogens is 220 g/mol. The van der Waals surface area contributed by atoms with Gasteiger partial charge in [-0.15, -0.1) is 0 Å². The molecule has 86 valence electrons. The fourth-order valence-electron chi connectivity index (χ4n) is 1.64. The zero-order valence-electron chi connectivity index (χ0n) is 8.90. The second-order valence-corrected chi connectivity index (χ2v) is 3.62. The van der Waals surface area contributed by atoms with Gasteiger partial charge in [0.05, 0.1) is 5.56 Å². The van der Waals surface area contributed by atoms with Crippen LogP contribution in [0.25, 0.3) is 0 Å². The van der Waals surface area contributed by atoms with E-state index in [1.165, 1.54) is 0 Å². The summed E-state index contributed by atoms with van der Waals surface area (Å²) in [6.45, 7) is 0.227. The van der Waals surface area contributed by atoms with Gasteiger partial charge in [0, 0.05) is 24.1 Å². The van der Waals surface area contributed by atoms with Gasteiger partial charge in [0.2, 0.25) is 6.79 Å². The van der Waals surface area contributed by atoms with E-state index in [4.69, 9.17) is 9.47 Å². The number of aromatic amines is 1. The third-order valence-electron chi connectivity index (χ3n) is 2.49. The lowest BCUT2D eigenvalue weighted by Gasteiger charge is -2.04. The summed E-state index contributed by atoms with van der Waals surface area (Å²) in [6, 6.07) is 7.00. The number of carbonyl (C=O) groups is 1. The smallest absolute Gasteiger partial charge is 0.257 e. The number of benzene rings is 1. The van der Waals surface area contributed by atoms with Crippen LogP contribution < -0.4 is 14.8 Å². The van der Waals surface area contributed by atoms with Gasteiger partial charge in [-0.05, 0) is 18.2 Å². The van der Waals surface area contributed by atoms with Gasteiger partial charge >= 0.3 is 0 Å². The maximum absolute atomic E-state index is 11.8. The summed E-state index contributed by atoms with van der Waals surface area (Å²) >= 11 is 0. The van der Waals surface area contributed by atoms with E-state index >= 15 is 0 Å². The maximum Gasteiger partial charge on any atom is 0.257 e. The van der Waals surface area contributed by atoms with Gasteiger partial charge in [0.15, 0.2) is 11.5 Å². The van der Waals surface area contributed by atoms with Crippen LogP contribution in [0.1, 0.15) is 10.4 Å². The van der Waals surface area contributed by atoms with Crippen LogP contribution in [0.5, 0.6) is 11.5 Å². The molecule has 0 saturated carbocycles. The van der Waals surface area contributed by atoms with Gasteiger partial charge in [0.25, 0.3) is 5.91 Å². The first-order valence-corrected chi connectivity index (χ1v) is 5.17. The molecule has 1 aromatic carbocycles. The topological polar surface area (TPSA) is 63.4 Å². The number of fused-ring (bicyclic) bond motifs is 1. The second-order valence-electron chi connectivity index (χ2n) is 3.62. The molecule has 1 aromatic heterocycles. The number of anilines is 1. The Balaban J connectivity index is 1.80. The quantitative estimate of drug-likeness (QED) is 0.829. The minimum Gasteiger partial charge on any atom is -0.454 e. The lowest BCUT2D eigenvalue weighted by atomic mass is 10.2. The first kappa shape index (κ1) is 9.77. The van der Waals surface area contributed by atoms with E-state index in [0.29, 0.717) is 22.7 Å². The van der Waals surface area contributed by atoms with Crippen LogP contribution in [0, 0.1) is 0 Å². The number of amides is 1. The largest absolute Gasteiger partial charge is 0.454 e. The molecule has 1 aliphatic heterocycles. The van der Waals surface area contributed by atoms with Gasteiger partial charge < -0.3 is 19.8 Å². The third-order valence-corrected chi connectivity index (χ3v) is 2.49. The average Bonchev–Trinajstić information content (AvgIpc) is 2.99. The van der Waals surface area contributed by atoms with Crippen molar-refractivity contribution < 1.29 is 14.3 Å². The SMILES string of the molecule is O=C(Nc1ccc2c(c1)OCO2)c1cc[nH]c1. The molecule has 0 bridgehead atoms. The Bertz CT molecular complexity index is 549. The molecule has 1 aliphatic rings. The van der Waals surface area contributed by atoms with Crippen molar-refractivity contribution in [1.29, 1.82) is 0 Å². The molecule has 17 heavy (non-hydrogen) atoms. The molecule has 0 fully saturated rings. The summed E-state index contributed by atoms with van der Waals surface area (Å²) in [7, 11) is 0. The summed E-state index contributed by atoms with van der Waals surface area (Å²) in [5, 5.41) is 2.78. The lowest BCUT2D eigenvalue weighted by molar-refractivity contribution is 0.102. The Hall–Kier alpha value is -2.43. The predicted octanol–water partition coefficient (Wildman–Crippen LogP) is 2.00. The molecule has 1 amide bonds. The second kappa shape index (κ2) is 3.86. The monoisotopic (exact) mass is 230 g/mol. The van der Waals surface area contributed by atoms with Crippen molar-refractivity contribution in [3.8, 4) is 11.5 Å². The maximum atomic E-state index is 11.8. The van der Waals surface area contributed by atoms with Crippen LogP contribution >= 0.6 is 0 Å². The molecule has 0 unspecified atom stereocenters. The molecule has 0 radical (unpaired) electrons. The summed E-state index contributed by atoms with van der Waals surface area (Å²) in [6.07, 6.45) is 3.34. The zero-order valence-corrected chi connectivity index (χ0v) is 8.90. The van der Waals surface area contributed by atoms with Crippen molar-refractivity contribution in [2.24, 2.45) is 0 Å². The highest BCUT2D eigenvalue weighted by molar-refractivity contribution is 6.04. The van der Waals surface area contributed by atoms with E-state index in [1.54, 1.807) is 36.7 Å². The number of H-pyrrole nitrogens is 1. The van der Waals surface area contributed by atoms with Crippen molar-refractivity contribution in [3.63, 3.8) is 0 Å². The number of rotatable bonds is 2. The van der Waals surface area contributed by atoms with Crippen molar-refractivity contribution in [1.82, 2.24) is 4.98 Å². The average molecular weight is 230 g/mol. The number of hydrogen-bond acceptors (Lipinski definition) is 3. The number of nitrogens with one attached hydrogen (secondary N) is 2. The molecule has 0 aliphatic carbocycles. The number of aromatic nitrogens is 1. The van der Waals surface area contributed by atoms with Crippen LogP contribution in [-0.2, 0) is 0 Å². The van der Waals surface area contributed by atoms with Crippen LogP contribution in [0.3, 0.4) is 0 Å². The molecule has 2 N–H and O–H groups in total. The summed E-state index contributed by atoms with van der Waals surface area (Å²) in [5.41, 5.74) is 1.27. The Morgan fingerprint density at radius 1 is 1.24 bits per heavy atom. The van der Waals surface area contributed by atoms with Gasteiger partial charge in [-0.2, -0.15) is 0 Å². The summed E-state index contributed by atoms with van der Waals surface area (Å²) in [5.74, 6) is 1.19. The Labute approximate surface area is 97.4 Å². The minimum atomic E-state index is -0.162. The van der Waals surface area contributed by atoms with Gasteiger partial charge in [0.1, 0.15) is 0 Å².